The van der Waals surface area contributed by atoms with Gasteiger partial charge in [0.25, 0.3) is 5.91 Å². The zero-order valence-electron chi connectivity index (χ0n) is 49.6. The van der Waals surface area contributed by atoms with Crippen LogP contribution in [-0.4, -0.2) is 125 Å². The summed E-state index contributed by atoms with van der Waals surface area (Å²) >= 11 is 0. The largest absolute Gasteiger partial charge is 0.460 e. The van der Waals surface area contributed by atoms with Gasteiger partial charge in [-0.25, -0.2) is 0 Å². The van der Waals surface area contributed by atoms with E-state index in [4.69, 9.17) is 14.2 Å². The second-order valence-corrected chi connectivity index (χ2v) is 24.2. The molecule has 0 aliphatic carbocycles. The minimum Gasteiger partial charge on any atom is -0.460 e. The van der Waals surface area contributed by atoms with Crippen LogP contribution in [0.3, 0.4) is 0 Å². The fraction of sp³-hybridized carbons (Fsp3) is 0.702. The van der Waals surface area contributed by atoms with Gasteiger partial charge in [0.05, 0.1) is 18.9 Å². The molecule has 7 N–H and O–H groups in total. The van der Waals surface area contributed by atoms with Crippen molar-refractivity contribution in [3.05, 3.63) is 35.4 Å². The van der Waals surface area contributed by atoms with Crippen LogP contribution in [0.15, 0.2) is 24.3 Å². The van der Waals surface area contributed by atoms with Crippen LogP contribution in [0.2, 0.25) is 0 Å². The van der Waals surface area contributed by atoms with E-state index in [1.165, 1.54) is 0 Å². The highest BCUT2D eigenvalue weighted by Gasteiger charge is 2.39. The van der Waals surface area contributed by atoms with Gasteiger partial charge < -0.3 is 51.4 Å². The normalized spacial score (nSPS) is 14.2. The number of ketones is 1. The Morgan fingerprint density at radius 2 is 1.00 bits per heavy atom. The number of amides is 7. The van der Waals surface area contributed by atoms with Crippen LogP contribution >= 0.6 is 0 Å². The Morgan fingerprint density at radius 3 is 1.53 bits per heavy atom. The van der Waals surface area contributed by atoms with Gasteiger partial charge in [-0.1, -0.05) is 85.6 Å². The summed E-state index contributed by atoms with van der Waals surface area (Å²) in [6.45, 7) is 29.2. The van der Waals surface area contributed by atoms with Crippen molar-refractivity contribution in [1.82, 2.24) is 37.2 Å². The molecular formula is C57H93N7O14. The van der Waals surface area contributed by atoms with Gasteiger partial charge in [0.15, 0.2) is 0 Å². The molecule has 21 heteroatoms. The van der Waals surface area contributed by atoms with Crippen molar-refractivity contribution in [3.63, 3.8) is 0 Å². The van der Waals surface area contributed by atoms with E-state index >= 15 is 0 Å². The van der Waals surface area contributed by atoms with Crippen LogP contribution in [0.5, 0.6) is 0 Å². The monoisotopic (exact) mass is 1100 g/mol. The standard InChI is InChI=1S/C57H93N7O14/c1-18-20-25-37(46(69)52(74)58-30-19-2)60-49(71)39(31-34(3)4)63-53(75)47(54(6,7)8)64-51(73)40(32-36-24-22-21-23-35(36)5)62-48(70)38(26-28-43(66)76-55(9,10)11)61-50(72)41(33-45(68)78-57(15,16)17)59-42(65)27-29-44(67)77-56(12,13)14/h21-24,34,37-41,47H,18-20,25-33H2,1-17H3,(H,58,74)(H,59,65)(H,60,71)(H,61,72)(H,62,70)(H,63,75)(H,64,73)/t37?,38-,39-,40-,41-,47+/m0/s1. The number of Topliss-reactive ketones (excluding diaryl/α,β-unsaturated/α-hetero) is 1. The molecule has 0 radical (unpaired) electrons. The second-order valence-electron chi connectivity index (χ2n) is 24.2. The molecule has 1 rings (SSSR count). The quantitative estimate of drug-likeness (QED) is 0.0310. The molecule has 6 atom stereocenters. The zero-order chi connectivity index (χ0) is 59.9. The third-order valence-electron chi connectivity index (χ3n) is 11.4. The predicted molar refractivity (Wildman–Crippen MR) is 294 cm³/mol. The zero-order valence-corrected chi connectivity index (χ0v) is 49.6. The van der Waals surface area contributed by atoms with Gasteiger partial charge in [0.1, 0.15) is 47.0 Å². The molecule has 440 valence electrons. The van der Waals surface area contributed by atoms with E-state index in [-0.39, 0.29) is 38.1 Å². The molecule has 0 aliphatic heterocycles. The second kappa shape index (κ2) is 31.9. The molecule has 1 aromatic carbocycles. The number of hydrogen-bond acceptors (Lipinski definition) is 14. The summed E-state index contributed by atoms with van der Waals surface area (Å²) in [5, 5.41) is 18.5. The Bertz CT molecular complexity index is 2240. The average molecular weight is 1100 g/mol. The number of benzene rings is 1. The number of rotatable bonds is 30. The summed E-state index contributed by atoms with van der Waals surface area (Å²) in [5.41, 5.74) is -2.41. The highest BCUT2D eigenvalue weighted by molar-refractivity contribution is 6.38. The van der Waals surface area contributed by atoms with Gasteiger partial charge in [-0.15, -0.1) is 0 Å². The lowest BCUT2D eigenvalue weighted by Gasteiger charge is -2.34. The van der Waals surface area contributed by atoms with Gasteiger partial charge >= 0.3 is 17.9 Å². The maximum absolute atomic E-state index is 14.8. The number of hydrogen-bond donors (Lipinski definition) is 7. The summed E-state index contributed by atoms with van der Waals surface area (Å²) in [6, 6.07) is -1.39. The van der Waals surface area contributed by atoms with Crippen molar-refractivity contribution >= 4 is 65.0 Å². The van der Waals surface area contributed by atoms with Crippen LogP contribution in [0.1, 0.15) is 186 Å². The number of unbranched alkanes of at least 4 members (excludes halogenated alkanes) is 1. The van der Waals surface area contributed by atoms with Crippen LogP contribution in [0.25, 0.3) is 0 Å². The lowest BCUT2D eigenvalue weighted by molar-refractivity contribution is -0.158. The minimum absolute atomic E-state index is 0.121. The third kappa shape index (κ3) is 28.3. The Kier molecular flexibility index (Phi) is 28.4. The molecule has 78 heavy (non-hydrogen) atoms. The van der Waals surface area contributed by atoms with Gasteiger partial charge in [-0.05, 0) is 117 Å². The third-order valence-corrected chi connectivity index (χ3v) is 11.4. The van der Waals surface area contributed by atoms with Gasteiger partial charge in [-0.3, -0.25) is 52.7 Å². The Labute approximate surface area is 462 Å². The number of ether oxygens (including phenoxy) is 3. The van der Waals surface area contributed by atoms with Crippen molar-refractivity contribution in [2.75, 3.05) is 6.54 Å². The first kappa shape index (κ1) is 69.6. The van der Waals surface area contributed by atoms with Crippen LogP contribution in [0.4, 0.5) is 0 Å². The van der Waals surface area contributed by atoms with E-state index in [1.54, 1.807) is 114 Å². The molecule has 0 aliphatic rings. The molecule has 21 nitrogen and oxygen atoms in total. The predicted octanol–water partition coefficient (Wildman–Crippen LogP) is 4.80. The Balaban J connectivity index is 3.81. The van der Waals surface area contributed by atoms with Gasteiger partial charge in [0, 0.05) is 25.8 Å². The highest BCUT2D eigenvalue weighted by atomic mass is 16.6. The molecule has 1 aromatic rings. The highest BCUT2D eigenvalue weighted by Crippen LogP contribution is 2.22. The van der Waals surface area contributed by atoms with Crippen LogP contribution < -0.4 is 37.2 Å². The first-order chi connectivity index (χ1) is 35.9. The van der Waals surface area contributed by atoms with E-state index in [0.717, 1.165) is 5.56 Å². The van der Waals surface area contributed by atoms with Crippen LogP contribution in [-0.2, 0) is 73.4 Å². The van der Waals surface area contributed by atoms with E-state index in [1.807, 2.05) is 27.7 Å². The maximum atomic E-state index is 14.8. The SMILES string of the molecule is CCCCC(NC(=O)[C@H](CC(C)C)NC(=O)[C@@H](NC(=O)[C@H](Cc1ccccc1C)NC(=O)[C@H](CCC(=O)OC(C)(C)C)NC(=O)[C@H](CC(=O)OC(C)(C)C)NC(=O)CCC(=O)OC(C)(C)C)C(C)(C)C)C(=O)C(=O)NCCC. The van der Waals surface area contributed by atoms with Gasteiger partial charge in [-0.2, -0.15) is 0 Å². The molecule has 0 saturated carbocycles. The number of aryl methyl sites for hydroxylation is 1. The number of nitrogens with one attached hydrogen (secondary N) is 7. The molecule has 0 spiro atoms. The summed E-state index contributed by atoms with van der Waals surface area (Å²) in [5.74, 6) is -9.20. The molecule has 0 aromatic heterocycles. The van der Waals surface area contributed by atoms with Crippen molar-refractivity contribution in [1.29, 1.82) is 0 Å². The number of esters is 3. The molecule has 0 bridgehead atoms. The first-order valence-electron chi connectivity index (χ1n) is 27.2. The molecule has 1 unspecified atom stereocenters. The van der Waals surface area contributed by atoms with Crippen molar-refractivity contribution in [2.24, 2.45) is 11.3 Å². The smallest absolute Gasteiger partial charge is 0.308 e. The maximum Gasteiger partial charge on any atom is 0.308 e. The van der Waals surface area contributed by atoms with Crippen molar-refractivity contribution in [3.8, 4) is 0 Å². The molecule has 7 amide bonds. The van der Waals surface area contributed by atoms with E-state index in [2.05, 4.69) is 37.2 Å². The van der Waals surface area contributed by atoms with Crippen molar-refractivity contribution < 1.29 is 67.0 Å². The first-order valence-corrected chi connectivity index (χ1v) is 27.2. The minimum atomic E-state index is -1.66. The van der Waals surface area contributed by atoms with E-state index in [9.17, 15) is 52.7 Å². The fourth-order valence-corrected chi connectivity index (χ4v) is 7.68. The average Bonchev–Trinajstić information content (AvgIpc) is 3.29. The summed E-state index contributed by atoms with van der Waals surface area (Å²) in [7, 11) is 0. The Morgan fingerprint density at radius 1 is 0.513 bits per heavy atom. The number of carbonyl (C=O) groups is 11. The summed E-state index contributed by atoms with van der Waals surface area (Å²) in [6.07, 6.45) is -0.330. The summed E-state index contributed by atoms with van der Waals surface area (Å²) in [4.78, 5) is 150. The van der Waals surface area contributed by atoms with Gasteiger partial charge in [0.2, 0.25) is 41.2 Å². The molecule has 0 fully saturated rings. The van der Waals surface area contributed by atoms with E-state index < -0.39 is 149 Å². The Hall–Kier alpha value is -6.41. The lowest BCUT2D eigenvalue weighted by atomic mass is 9.85. The van der Waals surface area contributed by atoms with Crippen LogP contribution in [0, 0.1) is 18.3 Å². The molecule has 0 heterocycles. The topological polar surface area (TPSA) is 300 Å². The lowest BCUT2D eigenvalue weighted by Crippen LogP contribution is -2.62. The van der Waals surface area contributed by atoms with E-state index in [0.29, 0.717) is 24.8 Å². The fourth-order valence-electron chi connectivity index (χ4n) is 7.68. The molecular weight excluding hydrogens is 1010 g/mol. The summed E-state index contributed by atoms with van der Waals surface area (Å²) < 4.78 is 16.2. The number of carbonyl (C=O) groups excluding carboxylic acids is 11. The molecule has 0 saturated heterocycles. The van der Waals surface area contributed by atoms with Crippen molar-refractivity contribution in [2.45, 2.75) is 241 Å².